The molecule has 2 aromatic heterocycles. The van der Waals surface area contributed by atoms with Gasteiger partial charge in [0.05, 0.1) is 17.4 Å². The van der Waals surface area contributed by atoms with Gasteiger partial charge in [-0.2, -0.15) is 0 Å². The zero-order chi connectivity index (χ0) is 20.9. The van der Waals surface area contributed by atoms with Crippen LogP contribution in [0.25, 0.3) is 0 Å². The van der Waals surface area contributed by atoms with E-state index in [1.54, 1.807) is 11.8 Å². The Labute approximate surface area is 174 Å². The third-order valence-electron chi connectivity index (χ3n) is 5.65. The van der Waals surface area contributed by atoms with Gasteiger partial charge in [0, 0.05) is 17.4 Å². The maximum atomic E-state index is 13.1. The topological polar surface area (TPSA) is 88.0 Å². The molecule has 2 aliphatic rings. The van der Waals surface area contributed by atoms with Gasteiger partial charge in [-0.15, -0.1) is 0 Å². The Balaban J connectivity index is 1.90. The molecule has 1 aliphatic heterocycles. The third-order valence-corrected chi connectivity index (χ3v) is 6.81. The van der Waals surface area contributed by atoms with E-state index in [0.717, 1.165) is 17.9 Å². The second-order valence-corrected chi connectivity index (χ2v) is 10.2. The number of allylic oxidation sites excluding steroid dienone is 2. The van der Waals surface area contributed by atoms with Gasteiger partial charge >= 0.3 is 0 Å². The first-order valence-corrected chi connectivity index (χ1v) is 11.0. The van der Waals surface area contributed by atoms with Crippen LogP contribution in [0.1, 0.15) is 63.5 Å². The molecule has 0 saturated carbocycles. The SMILES string of the molecule is CC[C@H](C)Sc1nc2c(c(=O)[nH]1)[C@H](c1ccc(C)o1)[C@H]1C(=O)CC(C)(C)C=C1N2. The molecule has 29 heavy (non-hydrogen) atoms. The molecule has 0 bridgehead atoms. The lowest BCUT2D eigenvalue weighted by Gasteiger charge is -2.39. The fraction of sp³-hybridized carbons (Fsp3) is 0.500. The highest BCUT2D eigenvalue weighted by Gasteiger charge is 2.46. The molecule has 4 rings (SSSR count). The number of anilines is 1. The Morgan fingerprint density at radius 3 is 2.72 bits per heavy atom. The molecule has 0 saturated heterocycles. The molecule has 0 spiro atoms. The molecule has 154 valence electrons. The van der Waals surface area contributed by atoms with Crippen LogP contribution in [0.2, 0.25) is 0 Å². The van der Waals surface area contributed by atoms with Gasteiger partial charge in [-0.25, -0.2) is 4.98 Å². The number of nitrogens with one attached hydrogen (secondary N) is 2. The Morgan fingerprint density at radius 2 is 2.07 bits per heavy atom. The van der Waals surface area contributed by atoms with Gasteiger partial charge in [-0.1, -0.05) is 45.5 Å². The van der Waals surface area contributed by atoms with Crippen LogP contribution in [0.3, 0.4) is 0 Å². The number of H-pyrrole nitrogens is 1. The van der Waals surface area contributed by atoms with Crippen molar-refractivity contribution in [1.29, 1.82) is 0 Å². The van der Waals surface area contributed by atoms with Crippen molar-refractivity contribution >= 4 is 23.4 Å². The summed E-state index contributed by atoms with van der Waals surface area (Å²) in [4.78, 5) is 33.9. The van der Waals surface area contributed by atoms with Gasteiger partial charge in [0.2, 0.25) is 0 Å². The number of nitrogens with zero attached hydrogens (tertiary/aromatic N) is 1. The minimum atomic E-state index is -0.478. The van der Waals surface area contributed by atoms with E-state index in [4.69, 9.17) is 9.40 Å². The van der Waals surface area contributed by atoms with E-state index in [1.165, 1.54) is 0 Å². The molecule has 0 radical (unpaired) electrons. The summed E-state index contributed by atoms with van der Waals surface area (Å²) in [5, 5.41) is 4.24. The average molecular weight is 414 g/mol. The van der Waals surface area contributed by atoms with Crippen LogP contribution in [0.5, 0.6) is 0 Å². The van der Waals surface area contributed by atoms with Crippen molar-refractivity contribution in [3.8, 4) is 0 Å². The lowest BCUT2D eigenvalue weighted by atomic mass is 9.68. The summed E-state index contributed by atoms with van der Waals surface area (Å²) in [7, 11) is 0. The number of Topliss-reactive ketones (excluding diaryl/α,β-unsaturated/α-hetero) is 1. The van der Waals surface area contributed by atoms with E-state index < -0.39 is 11.8 Å². The molecule has 3 atom stereocenters. The van der Waals surface area contributed by atoms with Gasteiger partial charge in [-0.3, -0.25) is 9.59 Å². The highest BCUT2D eigenvalue weighted by atomic mass is 32.2. The van der Waals surface area contributed by atoms with Crippen molar-refractivity contribution in [2.45, 2.75) is 63.8 Å². The van der Waals surface area contributed by atoms with E-state index in [0.29, 0.717) is 34.0 Å². The molecule has 2 N–H and O–H groups in total. The van der Waals surface area contributed by atoms with Gasteiger partial charge in [0.15, 0.2) is 5.16 Å². The Bertz CT molecular complexity index is 1050. The van der Waals surface area contributed by atoms with Gasteiger partial charge in [0.1, 0.15) is 23.1 Å². The summed E-state index contributed by atoms with van der Waals surface area (Å²) in [6.07, 6.45) is 3.51. The standard InChI is InChI=1S/C22H27N3O3S/c1-6-12(3)29-21-24-19-18(20(27)25-21)17(15-8-7-11(2)28-15)16-13(23-19)9-22(4,5)10-14(16)26/h7-9,12,16-17H,6,10H2,1-5H3,(H2,23,24,25,27)/t12-,16+,17+/m0/s1. The van der Waals surface area contributed by atoms with Crippen LogP contribution in [-0.2, 0) is 4.79 Å². The number of ketones is 1. The number of hydrogen-bond acceptors (Lipinski definition) is 6. The van der Waals surface area contributed by atoms with Crippen molar-refractivity contribution in [2.24, 2.45) is 11.3 Å². The molecular weight excluding hydrogens is 386 g/mol. The quantitative estimate of drug-likeness (QED) is 0.562. The number of thioether (sulfide) groups is 1. The molecule has 2 aromatic rings. The lowest BCUT2D eigenvalue weighted by molar-refractivity contribution is -0.124. The molecule has 0 fully saturated rings. The first-order chi connectivity index (χ1) is 13.7. The number of carbonyl (C=O) groups is 1. The summed E-state index contributed by atoms with van der Waals surface area (Å²) in [5.74, 6) is 1.07. The van der Waals surface area contributed by atoms with Crippen molar-refractivity contribution in [2.75, 3.05) is 5.32 Å². The van der Waals surface area contributed by atoms with E-state index in [-0.39, 0.29) is 16.8 Å². The van der Waals surface area contributed by atoms with E-state index in [9.17, 15) is 9.59 Å². The first kappa shape index (κ1) is 20.0. The Morgan fingerprint density at radius 1 is 1.31 bits per heavy atom. The highest BCUT2D eigenvalue weighted by molar-refractivity contribution is 7.99. The molecule has 3 heterocycles. The van der Waals surface area contributed by atoms with E-state index in [2.05, 4.69) is 30.2 Å². The molecular formula is C22H27N3O3S. The number of furan rings is 1. The minimum Gasteiger partial charge on any atom is -0.466 e. The average Bonchev–Trinajstić information content (AvgIpc) is 3.04. The third kappa shape index (κ3) is 3.68. The number of aryl methyl sites for hydroxylation is 1. The number of fused-ring (bicyclic) bond motifs is 2. The summed E-state index contributed by atoms with van der Waals surface area (Å²) < 4.78 is 5.90. The predicted octanol–water partition coefficient (Wildman–Crippen LogP) is 4.62. The second kappa shape index (κ2) is 7.20. The molecule has 0 amide bonds. The zero-order valence-electron chi connectivity index (χ0n) is 17.5. The lowest BCUT2D eigenvalue weighted by Crippen LogP contribution is -2.41. The van der Waals surface area contributed by atoms with Gasteiger partial charge < -0.3 is 14.7 Å². The smallest absolute Gasteiger partial charge is 0.257 e. The van der Waals surface area contributed by atoms with Crippen molar-refractivity contribution < 1.29 is 9.21 Å². The molecule has 1 aliphatic carbocycles. The van der Waals surface area contributed by atoms with Crippen molar-refractivity contribution in [1.82, 2.24) is 9.97 Å². The Hall–Kier alpha value is -2.28. The number of aromatic nitrogens is 2. The van der Waals surface area contributed by atoms with Gasteiger partial charge in [0.25, 0.3) is 5.56 Å². The zero-order valence-corrected chi connectivity index (χ0v) is 18.3. The molecule has 6 nitrogen and oxygen atoms in total. The van der Waals surface area contributed by atoms with Crippen LogP contribution in [0, 0.1) is 18.3 Å². The largest absolute Gasteiger partial charge is 0.466 e. The monoisotopic (exact) mass is 413 g/mol. The van der Waals surface area contributed by atoms with Crippen LogP contribution in [-0.4, -0.2) is 21.0 Å². The Kier molecular flexibility index (Phi) is 4.97. The highest BCUT2D eigenvalue weighted by Crippen LogP contribution is 2.48. The van der Waals surface area contributed by atoms with E-state index >= 15 is 0 Å². The number of rotatable bonds is 4. The van der Waals surface area contributed by atoms with Crippen LogP contribution in [0.15, 0.2) is 38.3 Å². The fourth-order valence-electron chi connectivity index (χ4n) is 4.18. The molecule has 7 heteroatoms. The minimum absolute atomic E-state index is 0.113. The van der Waals surface area contributed by atoms with Crippen LogP contribution < -0.4 is 10.9 Å². The molecule has 0 aromatic carbocycles. The summed E-state index contributed by atoms with van der Waals surface area (Å²) in [6, 6.07) is 3.73. The van der Waals surface area contributed by atoms with Crippen LogP contribution in [0.4, 0.5) is 5.82 Å². The van der Waals surface area contributed by atoms with Crippen molar-refractivity contribution in [3.05, 3.63) is 51.3 Å². The summed E-state index contributed by atoms with van der Waals surface area (Å²) in [6.45, 7) is 10.2. The predicted molar refractivity (Wildman–Crippen MR) is 114 cm³/mol. The van der Waals surface area contributed by atoms with Crippen LogP contribution >= 0.6 is 11.8 Å². The first-order valence-electron chi connectivity index (χ1n) is 10.1. The number of hydrogen-bond donors (Lipinski definition) is 2. The number of carbonyl (C=O) groups excluding carboxylic acids is 1. The van der Waals surface area contributed by atoms with Gasteiger partial charge in [-0.05, 0) is 30.9 Å². The summed E-state index contributed by atoms with van der Waals surface area (Å²) >= 11 is 1.54. The number of aromatic amines is 1. The fourth-order valence-corrected chi connectivity index (χ4v) is 5.02. The molecule has 0 unspecified atom stereocenters. The normalized spacial score (nSPS) is 23.6. The maximum absolute atomic E-state index is 13.1. The maximum Gasteiger partial charge on any atom is 0.257 e. The summed E-state index contributed by atoms with van der Waals surface area (Å²) in [5.41, 5.74) is 0.828. The second-order valence-electron chi connectivity index (χ2n) is 8.73. The van der Waals surface area contributed by atoms with E-state index in [1.807, 2.05) is 32.9 Å². The van der Waals surface area contributed by atoms with Crippen molar-refractivity contribution in [3.63, 3.8) is 0 Å².